The van der Waals surface area contributed by atoms with Gasteiger partial charge in [0.2, 0.25) is 0 Å². The van der Waals surface area contributed by atoms with E-state index in [0.29, 0.717) is 17.6 Å². The highest BCUT2D eigenvalue weighted by Gasteiger charge is 2.12. The highest BCUT2D eigenvalue weighted by atomic mass is 16.5. The molecule has 0 saturated carbocycles. The molecule has 146 valence electrons. The van der Waals surface area contributed by atoms with Crippen molar-refractivity contribution in [1.82, 2.24) is 0 Å². The topological polar surface area (TPSA) is 65.7 Å². The van der Waals surface area contributed by atoms with E-state index in [1.807, 2.05) is 54.6 Å². The van der Waals surface area contributed by atoms with Crippen LogP contribution in [0.3, 0.4) is 0 Å². The number of benzene rings is 3. The Morgan fingerprint density at radius 2 is 1.76 bits per heavy atom. The zero-order chi connectivity index (χ0) is 20.2. The number of hydrogen-bond acceptors (Lipinski definition) is 5. The molecular formula is C24H20O5. The SMILES string of the molecule is COc1ccccc1CCC(=O)OCc1cc(=O)oc2ccc3ccccc3c12. The molecule has 0 fully saturated rings. The highest BCUT2D eigenvalue weighted by molar-refractivity contribution is 6.07. The lowest BCUT2D eigenvalue weighted by Crippen LogP contribution is -2.09. The lowest BCUT2D eigenvalue weighted by molar-refractivity contribution is -0.144. The van der Waals surface area contributed by atoms with Gasteiger partial charge in [0.1, 0.15) is 17.9 Å². The van der Waals surface area contributed by atoms with Crippen molar-refractivity contribution in [2.24, 2.45) is 0 Å². The number of carbonyl (C=O) groups excluding carboxylic acids is 1. The van der Waals surface area contributed by atoms with Gasteiger partial charge in [-0.3, -0.25) is 4.79 Å². The Labute approximate surface area is 167 Å². The van der Waals surface area contributed by atoms with Crippen LogP contribution in [0.25, 0.3) is 21.7 Å². The minimum atomic E-state index is -0.465. The fraction of sp³-hybridized carbons (Fsp3) is 0.167. The van der Waals surface area contributed by atoms with Crippen LogP contribution in [-0.4, -0.2) is 13.1 Å². The first-order chi connectivity index (χ1) is 14.2. The van der Waals surface area contributed by atoms with Crippen LogP contribution >= 0.6 is 0 Å². The first kappa shape index (κ1) is 18.7. The molecule has 0 unspecified atom stereocenters. The predicted molar refractivity (Wildman–Crippen MR) is 111 cm³/mol. The molecule has 3 aromatic carbocycles. The second-order valence-corrected chi connectivity index (χ2v) is 6.72. The normalized spacial score (nSPS) is 10.9. The minimum absolute atomic E-state index is 0.0147. The molecule has 0 atom stereocenters. The van der Waals surface area contributed by atoms with Crippen LogP contribution in [0.15, 0.2) is 75.9 Å². The Hall–Kier alpha value is -3.60. The van der Waals surface area contributed by atoms with Gasteiger partial charge in [-0.25, -0.2) is 4.79 Å². The Morgan fingerprint density at radius 3 is 2.62 bits per heavy atom. The zero-order valence-electron chi connectivity index (χ0n) is 16.0. The van der Waals surface area contributed by atoms with E-state index >= 15 is 0 Å². The quantitative estimate of drug-likeness (QED) is 0.274. The average Bonchev–Trinajstić information content (AvgIpc) is 2.75. The number of para-hydroxylation sites is 1. The van der Waals surface area contributed by atoms with Gasteiger partial charge in [-0.1, -0.05) is 48.5 Å². The fourth-order valence-electron chi connectivity index (χ4n) is 3.51. The Balaban J connectivity index is 1.54. The minimum Gasteiger partial charge on any atom is -0.496 e. The second-order valence-electron chi connectivity index (χ2n) is 6.72. The molecular weight excluding hydrogens is 368 g/mol. The summed E-state index contributed by atoms with van der Waals surface area (Å²) in [5.41, 5.74) is 1.60. The van der Waals surface area contributed by atoms with Crippen LogP contribution in [0.2, 0.25) is 0 Å². The summed E-state index contributed by atoms with van der Waals surface area (Å²) >= 11 is 0. The van der Waals surface area contributed by atoms with Crippen molar-refractivity contribution in [3.05, 3.63) is 88.3 Å². The summed E-state index contributed by atoms with van der Waals surface area (Å²) in [6.45, 7) is 0.0147. The van der Waals surface area contributed by atoms with Gasteiger partial charge in [-0.2, -0.15) is 0 Å². The summed E-state index contributed by atoms with van der Waals surface area (Å²) < 4.78 is 16.1. The van der Waals surface area contributed by atoms with Gasteiger partial charge in [0, 0.05) is 23.4 Å². The van der Waals surface area contributed by atoms with Gasteiger partial charge < -0.3 is 13.9 Å². The molecule has 4 rings (SSSR count). The van der Waals surface area contributed by atoms with Crippen molar-refractivity contribution in [3.63, 3.8) is 0 Å². The Bertz CT molecular complexity index is 1240. The maximum Gasteiger partial charge on any atom is 0.336 e. The number of aryl methyl sites for hydroxylation is 1. The number of ether oxygens (including phenoxy) is 2. The van der Waals surface area contributed by atoms with Crippen LogP contribution in [0.4, 0.5) is 0 Å². The third kappa shape index (κ3) is 3.99. The first-order valence-electron chi connectivity index (χ1n) is 9.38. The average molecular weight is 388 g/mol. The van der Waals surface area contributed by atoms with Crippen molar-refractivity contribution < 1.29 is 18.7 Å². The Kier molecular flexibility index (Phi) is 5.29. The molecule has 5 heteroatoms. The highest BCUT2D eigenvalue weighted by Crippen LogP contribution is 2.28. The number of fused-ring (bicyclic) bond motifs is 3. The molecule has 0 aliphatic carbocycles. The van der Waals surface area contributed by atoms with Crippen LogP contribution in [0.5, 0.6) is 5.75 Å². The summed E-state index contributed by atoms with van der Waals surface area (Å²) in [5.74, 6) is 0.413. The smallest absolute Gasteiger partial charge is 0.336 e. The van der Waals surface area contributed by atoms with E-state index in [-0.39, 0.29) is 19.0 Å². The summed E-state index contributed by atoms with van der Waals surface area (Å²) in [6, 6.07) is 20.5. The van der Waals surface area contributed by atoms with Gasteiger partial charge in [-0.05, 0) is 34.9 Å². The number of rotatable bonds is 6. The van der Waals surface area contributed by atoms with E-state index in [1.54, 1.807) is 13.2 Å². The van der Waals surface area contributed by atoms with Crippen molar-refractivity contribution in [2.75, 3.05) is 7.11 Å². The largest absolute Gasteiger partial charge is 0.496 e. The van der Waals surface area contributed by atoms with Crippen LogP contribution in [0, 0.1) is 0 Å². The summed E-state index contributed by atoms with van der Waals surface area (Å²) in [4.78, 5) is 24.3. The van der Waals surface area contributed by atoms with Crippen LogP contribution in [0.1, 0.15) is 17.5 Å². The molecule has 29 heavy (non-hydrogen) atoms. The monoisotopic (exact) mass is 388 g/mol. The second kappa shape index (κ2) is 8.19. The standard InChI is InChI=1S/C24H20O5/c1-27-20-9-5-3-7-17(20)11-13-22(25)28-15-18-14-23(26)29-21-12-10-16-6-2-4-8-19(16)24(18)21/h2-10,12,14H,11,13,15H2,1H3. The van der Waals surface area contributed by atoms with E-state index in [9.17, 15) is 9.59 Å². The molecule has 0 spiro atoms. The van der Waals surface area contributed by atoms with Gasteiger partial charge in [0.05, 0.1) is 7.11 Å². The van der Waals surface area contributed by atoms with Gasteiger partial charge in [0.15, 0.2) is 0 Å². The molecule has 0 aliphatic heterocycles. The molecule has 1 heterocycles. The van der Waals surface area contributed by atoms with Crippen LogP contribution < -0.4 is 10.4 Å². The van der Waals surface area contributed by atoms with Gasteiger partial charge >= 0.3 is 11.6 Å². The zero-order valence-corrected chi connectivity index (χ0v) is 16.0. The molecule has 4 aromatic rings. The number of methoxy groups -OCH3 is 1. The summed E-state index contributed by atoms with van der Waals surface area (Å²) in [6.07, 6.45) is 0.740. The Morgan fingerprint density at radius 1 is 0.966 bits per heavy atom. The molecule has 0 aliphatic rings. The summed E-state index contributed by atoms with van der Waals surface area (Å²) in [7, 11) is 1.60. The number of carbonyl (C=O) groups is 1. The molecule has 0 N–H and O–H groups in total. The van der Waals surface area contributed by atoms with Crippen molar-refractivity contribution in [1.29, 1.82) is 0 Å². The third-order valence-electron chi connectivity index (χ3n) is 4.89. The van der Waals surface area contributed by atoms with Crippen molar-refractivity contribution >= 4 is 27.7 Å². The van der Waals surface area contributed by atoms with E-state index in [1.165, 1.54) is 6.07 Å². The summed E-state index contributed by atoms with van der Waals surface area (Å²) in [5, 5.41) is 2.77. The van der Waals surface area contributed by atoms with E-state index in [2.05, 4.69) is 0 Å². The molecule has 5 nitrogen and oxygen atoms in total. The third-order valence-corrected chi connectivity index (χ3v) is 4.89. The van der Waals surface area contributed by atoms with Crippen molar-refractivity contribution in [2.45, 2.75) is 19.4 Å². The number of hydrogen-bond donors (Lipinski definition) is 0. The van der Waals surface area contributed by atoms with Gasteiger partial charge in [0.25, 0.3) is 0 Å². The molecule has 0 radical (unpaired) electrons. The maximum absolute atomic E-state index is 12.3. The number of esters is 1. The first-order valence-corrected chi connectivity index (χ1v) is 9.38. The van der Waals surface area contributed by atoms with Crippen LogP contribution in [-0.2, 0) is 22.6 Å². The molecule has 1 aromatic heterocycles. The fourth-order valence-corrected chi connectivity index (χ4v) is 3.51. The van der Waals surface area contributed by atoms with Gasteiger partial charge in [-0.15, -0.1) is 0 Å². The predicted octanol–water partition coefficient (Wildman–Crippen LogP) is 4.63. The van der Waals surface area contributed by atoms with E-state index in [4.69, 9.17) is 13.9 Å². The lowest BCUT2D eigenvalue weighted by Gasteiger charge is -2.10. The van der Waals surface area contributed by atoms with E-state index in [0.717, 1.165) is 27.5 Å². The molecule has 0 saturated heterocycles. The van der Waals surface area contributed by atoms with Crippen molar-refractivity contribution in [3.8, 4) is 5.75 Å². The van der Waals surface area contributed by atoms with E-state index < -0.39 is 5.63 Å². The molecule has 0 bridgehead atoms. The lowest BCUT2D eigenvalue weighted by atomic mass is 10.0. The maximum atomic E-state index is 12.3. The molecule has 0 amide bonds.